The Balaban J connectivity index is 2.58. The van der Waals surface area contributed by atoms with Crippen molar-refractivity contribution in [3.05, 3.63) is 23.1 Å². The molecule has 0 aliphatic heterocycles. The molecule has 2 N–H and O–H groups in total. The quantitative estimate of drug-likeness (QED) is 0.750. The molecular formula is C10H14N4. The van der Waals surface area contributed by atoms with Crippen molar-refractivity contribution in [2.45, 2.75) is 20.4 Å². The summed E-state index contributed by atoms with van der Waals surface area (Å²) >= 11 is 0. The molecule has 0 saturated heterocycles. The van der Waals surface area contributed by atoms with Crippen LogP contribution in [0.4, 0.5) is 0 Å². The summed E-state index contributed by atoms with van der Waals surface area (Å²) in [5, 5.41) is 3.06. The van der Waals surface area contributed by atoms with Gasteiger partial charge in [0, 0.05) is 5.69 Å². The van der Waals surface area contributed by atoms with E-state index in [-0.39, 0.29) is 0 Å². The molecule has 2 heterocycles. The smallest absolute Gasteiger partial charge is 0.178 e. The minimum atomic E-state index is 0.745. The second kappa shape index (κ2) is 3.38. The van der Waals surface area contributed by atoms with Crippen molar-refractivity contribution < 1.29 is 0 Å². The van der Waals surface area contributed by atoms with Crippen LogP contribution in [0.3, 0.4) is 0 Å². The second-order valence-corrected chi connectivity index (χ2v) is 3.49. The highest BCUT2D eigenvalue weighted by Gasteiger charge is 2.05. The first-order chi connectivity index (χ1) is 6.70. The zero-order valence-electron chi connectivity index (χ0n) is 8.68. The van der Waals surface area contributed by atoms with Crippen molar-refractivity contribution in [3.8, 4) is 0 Å². The molecule has 0 aliphatic rings. The van der Waals surface area contributed by atoms with Crippen molar-refractivity contribution in [1.29, 1.82) is 0 Å². The zero-order chi connectivity index (χ0) is 10.1. The average Bonchev–Trinajstić information content (AvgIpc) is 2.48. The van der Waals surface area contributed by atoms with Gasteiger partial charge in [0.15, 0.2) is 5.65 Å². The number of nitrogens with one attached hydrogen (secondary N) is 2. The van der Waals surface area contributed by atoms with E-state index in [0.29, 0.717) is 0 Å². The fourth-order valence-electron chi connectivity index (χ4n) is 1.60. The molecule has 74 valence electrons. The van der Waals surface area contributed by atoms with Crippen LogP contribution in [0.2, 0.25) is 0 Å². The van der Waals surface area contributed by atoms with Crippen LogP contribution in [0.15, 0.2) is 6.07 Å². The van der Waals surface area contributed by atoms with Gasteiger partial charge in [0.2, 0.25) is 0 Å². The molecule has 0 aliphatic carbocycles. The van der Waals surface area contributed by atoms with Crippen molar-refractivity contribution in [3.63, 3.8) is 0 Å². The van der Waals surface area contributed by atoms with Gasteiger partial charge < -0.3 is 10.3 Å². The summed E-state index contributed by atoms with van der Waals surface area (Å²) in [6.45, 7) is 4.80. The van der Waals surface area contributed by atoms with Crippen molar-refractivity contribution in [2.75, 3.05) is 7.05 Å². The number of fused-ring (bicyclic) bond motifs is 1. The van der Waals surface area contributed by atoms with E-state index in [4.69, 9.17) is 0 Å². The Kier molecular flexibility index (Phi) is 2.21. The second-order valence-electron chi connectivity index (χ2n) is 3.49. The van der Waals surface area contributed by atoms with Gasteiger partial charge in [-0.3, -0.25) is 0 Å². The minimum absolute atomic E-state index is 0.745. The van der Waals surface area contributed by atoms with Crippen LogP contribution in [0.25, 0.3) is 11.2 Å². The first-order valence-corrected chi connectivity index (χ1v) is 4.68. The molecule has 0 radical (unpaired) electrons. The van der Waals surface area contributed by atoms with Crippen LogP contribution in [0, 0.1) is 13.8 Å². The average molecular weight is 190 g/mol. The van der Waals surface area contributed by atoms with E-state index >= 15 is 0 Å². The Labute approximate surface area is 82.8 Å². The zero-order valence-corrected chi connectivity index (χ0v) is 8.68. The van der Waals surface area contributed by atoms with E-state index < -0.39 is 0 Å². The molecule has 0 unspecified atom stereocenters. The molecule has 0 atom stereocenters. The number of pyridine rings is 1. The number of aryl methyl sites for hydroxylation is 2. The summed E-state index contributed by atoms with van der Waals surface area (Å²) < 4.78 is 0. The van der Waals surface area contributed by atoms with Crippen LogP contribution in [0.1, 0.15) is 17.1 Å². The lowest BCUT2D eigenvalue weighted by Crippen LogP contribution is -2.06. The van der Waals surface area contributed by atoms with Crippen molar-refractivity contribution in [2.24, 2.45) is 0 Å². The third-order valence-electron chi connectivity index (χ3n) is 2.18. The number of nitrogens with zero attached hydrogens (tertiary/aromatic N) is 2. The summed E-state index contributed by atoms with van der Waals surface area (Å²) in [6, 6.07) is 2.06. The maximum atomic E-state index is 4.39. The topological polar surface area (TPSA) is 53.6 Å². The summed E-state index contributed by atoms with van der Waals surface area (Å²) in [6.07, 6.45) is 0. The molecule has 2 aromatic rings. The predicted molar refractivity (Wildman–Crippen MR) is 56.1 cm³/mol. The van der Waals surface area contributed by atoms with Gasteiger partial charge in [0.25, 0.3) is 0 Å². The van der Waals surface area contributed by atoms with Crippen LogP contribution >= 0.6 is 0 Å². The molecule has 2 rings (SSSR count). The van der Waals surface area contributed by atoms with E-state index in [9.17, 15) is 0 Å². The Hall–Kier alpha value is -1.42. The van der Waals surface area contributed by atoms with Crippen molar-refractivity contribution in [1.82, 2.24) is 20.3 Å². The molecule has 4 heteroatoms. The van der Waals surface area contributed by atoms with Crippen LogP contribution in [0.5, 0.6) is 0 Å². The number of aromatic amines is 1. The Morgan fingerprint density at radius 3 is 2.86 bits per heavy atom. The standard InChI is InChI=1S/C10H14N4/c1-6-4-7(2)12-10-9(6)13-8(14-10)5-11-3/h4,11H,5H2,1-3H3,(H,12,13,14). The highest BCUT2D eigenvalue weighted by molar-refractivity contribution is 5.74. The molecule has 0 fully saturated rings. The van der Waals surface area contributed by atoms with Crippen LogP contribution < -0.4 is 5.32 Å². The third-order valence-corrected chi connectivity index (χ3v) is 2.18. The number of imidazole rings is 1. The van der Waals surface area contributed by atoms with E-state index in [1.54, 1.807) is 0 Å². The highest BCUT2D eigenvalue weighted by Crippen LogP contribution is 2.14. The summed E-state index contributed by atoms with van der Waals surface area (Å²) in [7, 11) is 1.90. The van der Waals surface area contributed by atoms with Crippen molar-refractivity contribution >= 4 is 11.2 Å². The van der Waals surface area contributed by atoms with E-state index in [2.05, 4.69) is 33.3 Å². The molecule has 4 nitrogen and oxygen atoms in total. The maximum absolute atomic E-state index is 4.39. The monoisotopic (exact) mass is 190 g/mol. The molecule has 14 heavy (non-hydrogen) atoms. The van der Waals surface area contributed by atoms with Crippen LogP contribution in [-0.2, 0) is 6.54 Å². The maximum Gasteiger partial charge on any atom is 0.178 e. The molecule has 0 saturated carbocycles. The lowest BCUT2D eigenvalue weighted by Gasteiger charge is -1.95. The lowest BCUT2D eigenvalue weighted by molar-refractivity contribution is 0.774. The number of hydrogen-bond donors (Lipinski definition) is 2. The first kappa shape index (κ1) is 9.15. The summed E-state index contributed by atoms with van der Waals surface area (Å²) in [5.74, 6) is 0.934. The van der Waals surface area contributed by atoms with Gasteiger partial charge in [0.05, 0.1) is 12.1 Å². The van der Waals surface area contributed by atoms with Gasteiger partial charge in [0.1, 0.15) is 5.82 Å². The number of rotatable bonds is 2. The van der Waals surface area contributed by atoms with Gasteiger partial charge in [-0.25, -0.2) is 9.97 Å². The van der Waals surface area contributed by atoms with Crippen LogP contribution in [-0.4, -0.2) is 22.0 Å². The molecule has 0 bridgehead atoms. The SMILES string of the molecule is CNCc1nc2nc(C)cc(C)c2[nH]1. The van der Waals surface area contributed by atoms with E-state index in [1.807, 2.05) is 14.0 Å². The van der Waals surface area contributed by atoms with Gasteiger partial charge >= 0.3 is 0 Å². The first-order valence-electron chi connectivity index (χ1n) is 4.68. The molecule has 2 aromatic heterocycles. The van der Waals surface area contributed by atoms with Gasteiger partial charge in [-0.05, 0) is 32.5 Å². The Bertz CT molecular complexity index is 458. The summed E-state index contributed by atoms with van der Waals surface area (Å²) in [5.41, 5.74) is 4.06. The number of H-pyrrole nitrogens is 1. The molecular weight excluding hydrogens is 176 g/mol. The van der Waals surface area contributed by atoms with E-state index in [1.165, 1.54) is 5.56 Å². The molecule has 0 amide bonds. The third kappa shape index (κ3) is 1.48. The van der Waals surface area contributed by atoms with Gasteiger partial charge in [-0.15, -0.1) is 0 Å². The Morgan fingerprint density at radius 2 is 2.14 bits per heavy atom. The fourth-order valence-corrected chi connectivity index (χ4v) is 1.60. The lowest BCUT2D eigenvalue weighted by atomic mass is 10.2. The Morgan fingerprint density at radius 1 is 1.36 bits per heavy atom. The molecule has 0 spiro atoms. The van der Waals surface area contributed by atoms with E-state index in [0.717, 1.165) is 29.2 Å². The largest absolute Gasteiger partial charge is 0.339 e. The highest BCUT2D eigenvalue weighted by atomic mass is 15.0. The fraction of sp³-hybridized carbons (Fsp3) is 0.400. The predicted octanol–water partition coefficient (Wildman–Crippen LogP) is 1.29. The van der Waals surface area contributed by atoms with Gasteiger partial charge in [-0.2, -0.15) is 0 Å². The number of aromatic nitrogens is 3. The normalized spacial score (nSPS) is 11.1. The number of hydrogen-bond acceptors (Lipinski definition) is 3. The van der Waals surface area contributed by atoms with Gasteiger partial charge in [-0.1, -0.05) is 0 Å². The minimum Gasteiger partial charge on any atom is -0.339 e. The summed E-state index contributed by atoms with van der Waals surface area (Å²) in [4.78, 5) is 12.0. The molecule has 0 aromatic carbocycles.